The Kier molecular flexibility index (Phi) is 20.5. The van der Waals surface area contributed by atoms with Crippen LogP contribution in [0.4, 0.5) is 4.79 Å². The number of hydrogen-bond donors (Lipinski definition) is 1. The molecule has 0 radical (unpaired) electrons. The summed E-state index contributed by atoms with van der Waals surface area (Å²) in [6.07, 6.45) is 9.29. The van der Waals surface area contributed by atoms with Gasteiger partial charge in [-0.25, -0.2) is 4.79 Å². The lowest BCUT2D eigenvalue weighted by molar-refractivity contribution is -0.210. The zero-order valence-corrected chi connectivity index (χ0v) is 32.8. The standard InChI is InChI=1S/C39H69N3O9/c1-8-19-32(43)48-28-30-36(50-34(45)21-10-3)37(51-35(46)22-11-4)31(49-33(44)20-9-2)27-41(30)25-17-12-13-18-26-42(29-23-15-14-16-24-29)38(47)40-39(5,6)7/h29-31,36-37H,8-28H2,1-7H3,(H,40,47)/t30-,31+,36-,37-/m1/s1. The molecule has 2 rings (SSSR count). The summed E-state index contributed by atoms with van der Waals surface area (Å²) in [6, 6.07) is -0.329. The van der Waals surface area contributed by atoms with Gasteiger partial charge >= 0.3 is 29.9 Å². The largest absolute Gasteiger partial charge is 0.464 e. The molecule has 2 amide bonds. The van der Waals surface area contributed by atoms with Crippen molar-refractivity contribution in [3.8, 4) is 0 Å². The number of carbonyl (C=O) groups excluding carboxylic acids is 5. The van der Waals surface area contributed by atoms with E-state index in [0.717, 1.165) is 51.4 Å². The first kappa shape index (κ1) is 44.3. The number of amides is 2. The second-order valence-electron chi connectivity index (χ2n) is 15.3. The van der Waals surface area contributed by atoms with Gasteiger partial charge in [0.25, 0.3) is 0 Å². The minimum Gasteiger partial charge on any atom is -0.464 e. The van der Waals surface area contributed by atoms with Crippen molar-refractivity contribution in [1.82, 2.24) is 15.1 Å². The Hall–Kier alpha value is -2.89. The molecule has 1 aliphatic carbocycles. The van der Waals surface area contributed by atoms with Crippen LogP contribution < -0.4 is 5.32 Å². The summed E-state index contributed by atoms with van der Waals surface area (Å²) in [7, 11) is 0. The van der Waals surface area contributed by atoms with Gasteiger partial charge in [-0.1, -0.05) is 59.8 Å². The fourth-order valence-corrected chi connectivity index (χ4v) is 6.86. The number of carbonyl (C=O) groups is 5. The van der Waals surface area contributed by atoms with E-state index < -0.39 is 42.3 Å². The molecule has 12 heteroatoms. The molecule has 0 spiro atoms. The van der Waals surface area contributed by atoms with E-state index in [4.69, 9.17) is 18.9 Å². The van der Waals surface area contributed by atoms with Crippen molar-refractivity contribution in [3.05, 3.63) is 0 Å². The molecule has 12 nitrogen and oxygen atoms in total. The second-order valence-corrected chi connectivity index (χ2v) is 15.3. The van der Waals surface area contributed by atoms with Gasteiger partial charge in [-0.15, -0.1) is 0 Å². The number of piperidine rings is 1. The molecule has 0 unspecified atom stereocenters. The molecule has 294 valence electrons. The van der Waals surface area contributed by atoms with Crippen LogP contribution in [0, 0.1) is 0 Å². The van der Waals surface area contributed by atoms with E-state index in [1.54, 1.807) is 0 Å². The highest BCUT2D eigenvalue weighted by Crippen LogP contribution is 2.29. The van der Waals surface area contributed by atoms with Crippen molar-refractivity contribution < 1.29 is 42.9 Å². The van der Waals surface area contributed by atoms with Crippen LogP contribution in [0.5, 0.6) is 0 Å². The molecule has 2 aliphatic rings. The molecule has 1 N–H and O–H groups in total. The highest BCUT2D eigenvalue weighted by molar-refractivity contribution is 5.75. The van der Waals surface area contributed by atoms with Crippen LogP contribution in [0.2, 0.25) is 0 Å². The average molecular weight is 724 g/mol. The van der Waals surface area contributed by atoms with Gasteiger partial charge in [0.15, 0.2) is 18.3 Å². The van der Waals surface area contributed by atoms with Crippen molar-refractivity contribution in [1.29, 1.82) is 0 Å². The van der Waals surface area contributed by atoms with Crippen molar-refractivity contribution in [3.63, 3.8) is 0 Å². The fourth-order valence-electron chi connectivity index (χ4n) is 6.86. The number of unbranched alkanes of at least 4 members (excludes halogenated alkanes) is 3. The van der Waals surface area contributed by atoms with Gasteiger partial charge in [0, 0.05) is 50.4 Å². The lowest BCUT2D eigenvalue weighted by Crippen LogP contribution is -2.65. The predicted octanol–water partition coefficient (Wildman–Crippen LogP) is 6.85. The van der Waals surface area contributed by atoms with E-state index in [1.165, 1.54) is 6.42 Å². The molecule has 2 fully saturated rings. The quantitative estimate of drug-likeness (QED) is 0.0759. The van der Waals surface area contributed by atoms with Crippen LogP contribution in [0.15, 0.2) is 0 Å². The summed E-state index contributed by atoms with van der Waals surface area (Å²) in [5.41, 5.74) is -0.307. The van der Waals surface area contributed by atoms with Crippen molar-refractivity contribution in [2.24, 2.45) is 0 Å². The smallest absolute Gasteiger partial charge is 0.318 e. The molecule has 4 atom stereocenters. The second kappa shape index (κ2) is 23.6. The summed E-state index contributed by atoms with van der Waals surface area (Å²) >= 11 is 0. The molecule has 1 aliphatic heterocycles. The van der Waals surface area contributed by atoms with E-state index >= 15 is 0 Å². The molecule has 1 saturated carbocycles. The lowest BCUT2D eigenvalue weighted by Gasteiger charge is -2.47. The van der Waals surface area contributed by atoms with Crippen molar-refractivity contribution in [2.45, 2.75) is 194 Å². The fraction of sp³-hybridized carbons (Fsp3) is 0.872. The average Bonchev–Trinajstić information content (AvgIpc) is 3.05. The number of esters is 4. The van der Waals surface area contributed by atoms with E-state index in [-0.39, 0.29) is 62.4 Å². The Bertz CT molecular complexity index is 1070. The molecule has 1 heterocycles. The van der Waals surface area contributed by atoms with Crippen LogP contribution in [0.1, 0.15) is 158 Å². The minimum atomic E-state index is -1.04. The van der Waals surface area contributed by atoms with Crippen molar-refractivity contribution in [2.75, 3.05) is 26.2 Å². The van der Waals surface area contributed by atoms with Crippen molar-refractivity contribution >= 4 is 29.9 Å². The van der Waals surface area contributed by atoms with Gasteiger partial charge in [0.1, 0.15) is 6.61 Å². The molecule has 51 heavy (non-hydrogen) atoms. The summed E-state index contributed by atoms with van der Waals surface area (Å²) in [6.45, 7) is 15.0. The summed E-state index contributed by atoms with van der Waals surface area (Å²) < 4.78 is 23.6. The van der Waals surface area contributed by atoms with Gasteiger partial charge in [-0.2, -0.15) is 0 Å². The van der Waals surface area contributed by atoms with E-state index in [2.05, 4.69) is 10.2 Å². The Morgan fingerprint density at radius 3 is 1.78 bits per heavy atom. The van der Waals surface area contributed by atoms with Crippen LogP contribution in [-0.4, -0.2) is 102 Å². The van der Waals surface area contributed by atoms with Crippen LogP contribution >= 0.6 is 0 Å². The molecule has 1 saturated heterocycles. The Morgan fingerprint density at radius 2 is 1.22 bits per heavy atom. The molecule has 0 aromatic carbocycles. The number of hydrogen-bond acceptors (Lipinski definition) is 10. The van der Waals surface area contributed by atoms with Gasteiger partial charge in [0.05, 0.1) is 6.04 Å². The first-order valence-electron chi connectivity index (χ1n) is 19.9. The van der Waals surface area contributed by atoms with E-state index in [0.29, 0.717) is 38.8 Å². The lowest BCUT2D eigenvalue weighted by atomic mass is 9.92. The minimum absolute atomic E-state index is 0.00435. The normalized spacial score (nSPS) is 21.4. The summed E-state index contributed by atoms with van der Waals surface area (Å²) in [5, 5.41) is 3.16. The Labute approximate surface area is 307 Å². The third kappa shape index (κ3) is 16.5. The summed E-state index contributed by atoms with van der Waals surface area (Å²) in [4.78, 5) is 68.6. The number of nitrogens with zero attached hydrogens (tertiary/aromatic N) is 2. The predicted molar refractivity (Wildman–Crippen MR) is 196 cm³/mol. The third-order valence-electron chi connectivity index (χ3n) is 9.35. The van der Waals surface area contributed by atoms with Crippen LogP contribution in [-0.2, 0) is 38.1 Å². The first-order chi connectivity index (χ1) is 24.3. The Morgan fingerprint density at radius 1 is 0.686 bits per heavy atom. The molecular formula is C39H69N3O9. The van der Waals surface area contributed by atoms with Gasteiger partial charge < -0.3 is 29.2 Å². The van der Waals surface area contributed by atoms with Crippen LogP contribution in [0.25, 0.3) is 0 Å². The SMILES string of the molecule is CCCC(=O)OC[C@@H]1[C@@H](OC(=O)CCC)[C@H](OC(=O)CCC)[C@@H](OC(=O)CCC)CN1CCCCCCN(C(=O)NC(C)(C)C)C1CCCCC1. The highest BCUT2D eigenvalue weighted by atomic mass is 16.6. The number of likely N-dealkylation sites (tertiary alicyclic amines) is 1. The zero-order chi connectivity index (χ0) is 37.8. The zero-order valence-electron chi connectivity index (χ0n) is 32.8. The molecule has 0 aromatic rings. The maximum atomic E-state index is 13.3. The first-order valence-corrected chi connectivity index (χ1v) is 19.9. The van der Waals surface area contributed by atoms with E-state index in [9.17, 15) is 24.0 Å². The topological polar surface area (TPSA) is 141 Å². The maximum absolute atomic E-state index is 13.3. The summed E-state index contributed by atoms with van der Waals surface area (Å²) in [5.74, 6) is -1.69. The number of urea groups is 1. The third-order valence-corrected chi connectivity index (χ3v) is 9.35. The molecule has 0 bridgehead atoms. The maximum Gasteiger partial charge on any atom is 0.318 e. The van der Waals surface area contributed by atoms with Gasteiger partial charge in [-0.05, 0) is 78.7 Å². The van der Waals surface area contributed by atoms with Gasteiger partial charge in [0.2, 0.25) is 0 Å². The van der Waals surface area contributed by atoms with E-state index in [1.807, 2.05) is 53.4 Å². The van der Waals surface area contributed by atoms with Gasteiger partial charge in [-0.3, -0.25) is 24.1 Å². The number of rotatable bonds is 21. The number of nitrogens with one attached hydrogen (secondary N) is 1. The molecule has 0 aromatic heterocycles. The number of ether oxygens (including phenoxy) is 4. The monoisotopic (exact) mass is 724 g/mol. The Balaban J connectivity index is 2.25. The highest BCUT2D eigenvalue weighted by Gasteiger charge is 2.50. The van der Waals surface area contributed by atoms with Crippen LogP contribution in [0.3, 0.4) is 0 Å². The molecular weight excluding hydrogens is 654 g/mol.